The number of rotatable bonds is 0. The van der Waals surface area contributed by atoms with E-state index in [-0.39, 0.29) is 29.6 Å². The first-order valence-electron chi connectivity index (χ1n) is 4.34. The van der Waals surface area contributed by atoms with Gasteiger partial charge in [0.25, 0.3) is 0 Å². The maximum absolute atomic E-state index is 4.32. The van der Waals surface area contributed by atoms with Gasteiger partial charge in [0, 0.05) is 6.20 Å². The summed E-state index contributed by atoms with van der Waals surface area (Å²) in [6.45, 7) is 0. The summed E-state index contributed by atoms with van der Waals surface area (Å²) in [7, 11) is 0. The summed E-state index contributed by atoms with van der Waals surface area (Å²) in [6.07, 6.45) is 1.83. The van der Waals surface area contributed by atoms with Crippen molar-refractivity contribution in [3.8, 4) is 0 Å². The van der Waals surface area contributed by atoms with Crippen LogP contribution in [0.5, 0.6) is 0 Å². The number of hydrogen-bond donors (Lipinski definition) is 0. The van der Waals surface area contributed by atoms with E-state index in [2.05, 4.69) is 41.4 Å². The molecule has 3 rings (SSSR count). The number of aromatic nitrogens is 1. The molecule has 0 unspecified atom stereocenters. The van der Waals surface area contributed by atoms with E-state index in [1.807, 2.05) is 12.3 Å². The second-order valence-electron chi connectivity index (χ2n) is 3.17. The second kappa shape index (κ2) is 3.77. The van der Waals surface area contributed by atoms with E-state index in [0.717, 1.165) is 5.52 Å². The molecule has 0 aliphatic rings. The third kappa shape index (κ3) is 1.38. The molecule has 62 valence electrons. The zero-order valence-corrected chi connectivity index (χ0v) is 10.1. The molecule has 14 heavy (non-hydrogen) atoms. The summed E-state index contributed by atoms with van der Waals surface area (Å²) in [5.41, 5.74) is 1.09. The Bertz CT molecular complexity index is 518. The molecule has 1 nitrogen and oxygen atoms in total. The Morgan fingerprint density at radius 2 is 1.71 bits per heavy atom. The van der Waals surface area contributed by atoms with E-state index in [9.17, 15) is 0 Å². The molecule has 3 aromatic rings. The fourth-order valence-electron chi connectivity index (χ4n) is 1.78. The average molecular weight is 189 g/mol. The molecular formula is C12H8NNa. The summed E-state index contributed by atoms with van der Waals surface area (Å²) in [5, 5.41) is 3.82. The number of fused-ring (bicyclic) bond motifs is 3. The first-order valence-corrected chi connectivity index (χ1v) is 4.34. The van der Waals surface area contributed by atoms with Gasteiger partial charge in [-0.1, -0.05) is 12.1 Å². The van der Waals surface area contributed by atoms with Gasteiger partial charge in [0.2, 0.25) is 0 Å². The predicted octanol–water partition coefficient (Wildman–Crippen LogP) is 0.111. The van der Waals surface area contributed by atoms with Crippen molar-refractivity contribution in [3.63, 3.8) is 0 Å². The Morgan fingerprint density at radius 1 is 0.929 bits per heavy atom. The second-order valence-corrected chi connectivity index (χ2v) is 3.17. The molecular weight excluding hydrogens is 181 g/mol. The van der Waals surface area contributed by atoms with Gasteiger partial charge in [-0.3, -0.25) is 4.98 Å². The quantitative estimate of drug-likeness (QED) is 0.361. The largest absolute Gasteiger partial charge is 1.00 e. The first-order chi connectivity index (χ1) is 6.45. The van der Waals surface area contributed by atoms with Gasteiger partial charge in [0.15, 0.2) is 0 Å². The summed E-state index contributed by atoms with van der Waals surface area (Å²) >= 11 is 0. The van der Waals surface area contributed by atoms with Gasteiger partial charge in [0.05, 0.1) is 0 Å². The molecule has 0 saturated carbocycles. The topological polar surface area (TPSA) is 12.9 Å². The molecule has 1 heterocycles. The molecule has 2 heteroatoms. The summed E-state index contributed by atoms with van der Waals surface area (Å²) < 4.78 is 0. The molecule has 0 fully saturated rings. The Labute approximate surface area is 104 Å². The van der Waals surface area contributed by atoms with Crippen LogP contribution in [0.4, 0.5) is 0 Å². The predicted molar refractivity (Wildman–Crippen MR) is 54.8 cm³/mol. The molecule has 0 atom stereocenters. The smallest absolute Gasteiger partial charge is 0.277 e. The molecule has 2 aromatic carbocycles. The van der Waals surface area contributed by atoms with Crippen LogP contribution in [0.15, 0.2) is 48.7 Å². The average Bonchev–Trinajstić information content (AvgIpc) is 2.56. The first kappa shape index (κ1) is 9.78. The van der Waals surface area contributed by atoms with Crippen molar-refractivity contribution in [2.75, 3.05) is 0 Å². The van der Waals surface area contributed by atoms with Crippen LogP contribution >= 0.6 is 0 Å². The van der Waals surface area contributed by atoms with Crippen LogP contribution in [0.25, 0.3) is 21.7 Å². The van der Waals surface area contributed by atoms with Crippen LogP contribution in [0.3, 0.4) is 0 Å². The van der Waals surface area contributed by atoms with Crippen molar-refractivity contribution in [1.29, 1.82) is 0 Å². The summed E-state index contributed by atoms with van der Waals surface area (Å²) in [4.78, 5) is 4.32. The Kier molecular flexibility index (Phi) is 2.64. The number of benzene rings is 1. The molecule has 1 aromatic heterocycles. The summed E-state index contributed by atoms with van der Waals surface area (Å²) in [5.74, 6) is 0. The summed E-state index contributed by atoms with van der Waals surface area (Å²) in [6, 6.07) is 14.6. The SMILES string of the molecule is [Na+].c1ccc2c(c1)[cH-]c1ncccc12. The standard InChI is InChI=1S/C12H8N.Na/c1-2-5-10-9(4-1)8-12-11(10)6-3-7-13-12;/h1-8H;/q-1;+1. The van der Waals surface area contributed by atoms with Gasteiger partial charge in [-0.2, -0.15) is 0 Å². The minimum Gasteiger partial charge on any atom is -0.277 e. The fourth-order valence-corrected chi connectivity index (χ4v) is 1.78. The van der Waals surface area contributed by atoms with E-state index in [1.165, 1.54) is 16.2 Å². The van der Waals surface area contributed by atoms with Gasteiger partial charge < -0.3 is 0 Å². The fraction of sp³-hybridized carbons (Fsp3) is 0. The van der Waals surface area contributed by atoms with Gasteiger partial charge in [-0.25, -0.2) is 0 Å². The van der Waals surface area contributed by atoms with E-state index in [4.69, 9.17) is 0 Å². The zero-order valence-electron chi connectivity index (χ0n) is 8.07. The number of hydrogen-bond acceptors (Lipinski definition) is 1. The normalized spacial score (nSPS) is 10.3. The van der Waals surface area contributed by atoms with Gasteiger partial charge in [-0.15, -0.1) is 46.5 Å². The van der Waals surface area contributed by atoms with Crippen molar-refractivity contribution in [2.24, 2.45) is 0 Å². The van der Waals surface area contributed by atoms with Crippen LogP contribution in [-0.2, 0) is 0 Å². The molecule has 0 radical (unpaired) electrons. The van der Waals surface area contributed by atoms with Crippen LogP contribution < -0.4 is 29.6 Å². The van der Waals surface area contributed by atoms with Gasteiger partial charge in [0.1, 0.15) is 0 Å². The molecule has 0 N–H and O–H groups in total. The van der Waals surface area contributed by atoms with E-state index in [0.29, 0.717) is 0 Å². The molecule has 0 saturated heterocycles. The van der Waals surface area contributed by atoms with Crippen LogP contribution in [-0.4, -0.2) is 4.98 Å². The Balaban J connectivity index is 0.000000750. The maximum atomic E-state index is 4.32. The number of nitrogens with zero attached hydrogens (tertiary/aromatic N) is 1. The van der Waals surface area contributed by atoms with Crippen LogP contribution in [0.2, 0.25) is 0 Å². The van der Waals surface area contributed by atoms with Crippen LogP contribution in [0, 0.1) is 0 Å². The van der Waals surface area contributed by atoms with E-state index in [1.54, 1.807) is 0 Å². The van der Waals surface area contributed by atoms with Gasteiger partial charge >= 0.3 is 29.6 Å². The monoisotopic (exact) mass is 189 g/mol. The molecule has 0 bridgehead atoms. The Hall–Kier alpha value is -0.760. The minimum atomic E-state index is 0. The molecule has 0 aliphatic carbocycles. The number of pyridine rings is 1. The van der Waals surface area contributed by atoms with Gasteiger partial charge in [-0.05, 0) is 5.52 Å². The minimum absolute atomic E-state index is 0. The Morgan fingerprint density at radius 3 is 2.64 bits per heavy atom. The van der Waals surface area contributed by atoms with Crippen molar-refractivity contribution in [3.05, 3.63) is 48.7 Å². The third-order valence-corrected chi connectivity index (χ3v) is 2.38. The van der Waals surface area contributed by atoms with Crippen LogP contribution in [0.1, 0.15) is 0 Å². The van der Waals surface area contributed by atoms with E-state index < -0.39 is 0 Å². The molecule has 0 amide bonds. The third-order valence-electron chi connectivity index (χ3n) is 2.38. The van der Waals surface area contributed by atoms with Crippen molar-refractivity contribution >= 4 is 21.7 Å². The van der Waals surface area contributed by atoms with Crippen molar-refractivity contribution in [2.45, 2.75) is 0 Å². The maximum Gasteiger partial charge on any atom is 1.00 e. The van der Waals surface area contributed by atoms with Crippen molar-refractivity contribution < 1.29 is 29.6 Å². The molecule has 0 aliphatic heterocycles. The van der Waals surface area contributed by atoms with E-state index >= 15 is 0 Å². The zero-order chi connectivity index (χ0) is 8.67. The molecule has 0 spiro atoms. The van der Waals surface area contributed by atoms with Crippen molar-refractivity contribution in [1.82, 2.24) is 4.98 Å².